The van der Waals surface area contributed by atoms with Gasteiger partial charge in [0.15, 0.2) is 0 Å². The molecule has 0 saturated heterocycles. The Morgan fingerprint density at radius 2 is 2.07 bits per heavy atom. The summed E-state index contributed by atoms with van der Waals surface area (Å²) in [4.78, 5) is 11.8. The van der Waals surface area contributed by atoms with Crippen molar-refractivity contribution in [2.45, 2.75) is 24.8 Å². The minimum atomic E-state index is -0.626. The lowest BCUT2D eigenvalue weighted by molar-refractivity contribution is -0.123. The summed E-state index contributed by atoms with van der Waals surface area (Å²) in [6.07, 6.45) is 2.64. The maximum atomic E-state index is 11.8. The molecule has 1 fully saturated rings. The Kier molecular flexibility index (Phi) is 2.97. The molecule has 1 aromatic carbocycles. The number of para-hydroxylation sites is 1. The molecule has 80 valence electrons. The van der Waals surface area contributed by atoms with Crippen LogP contribution in [0.15, 0.2) is 24.3 Å². The number of amides is 1. The lowest BCUT2D eigenvalue weighted by Crippen LogP contribution is -2.56. The molecule has 1 aromatic rings. The summed E-state index contributed by atoms with van der Waals surface area (Å²) in [7, 11) is 0. The van der Waals surface area contributed by atoms with Gasteiger partial charge in [-0.05, 0) is 54.0 Å². The van der Waals surface area contributed by atoms with E-state index in [4.69, 9.17) is 5.73 Å². The van der Waals surface area contributed by atoms with E-state index < -0.39 is 5.54 Å². The van der Waals surface area contributed by atoms with Gasteiger partial charge in [-0.1, -0.05) is 12.1 Å². The number of anilines is 1. The van der Waals surface area contributed by atoms with E-state index in [0.29, 0.717) is 0 Å². The standard InChI is InChI=1S/C11H13IN2O/c12-8-4-1-2-5-9(8)14-10(15)11(13)6-3-7-11/h1-2,4-5H,3,6-7,13H2,(H,14,15). The average molecular weight is 316 g/mol. The van der Waals surface area contributed by atoms with E-state index in [1.807, 2.05) is 24.3 Å². The minimum Gasteiger partial charge on any atom is -0.324 e. The first-order valence-electron chi connectivity index (χ1n) is 4.97. The molecule has 4 heteroatoms. The summed E-state index contributed by atoms with van der Waals surface area (Å²) in [6.45, 7) is 0. The number of carbonyl (C=O) groups excluding carboxylic acids is 1. The molecule has 2 rings (SSSR count). The Morgan fingerprint density at radius 3 is 2.60 bits per heavy atom. The zero-order valence-corrected chi connectivity index (χ0v) is 10.5. The van der Waals surface area contributed by atoms with Crippen molar-refractivity contribution in [3.8, 4) is 0 Å². The van der Waals surface area contributed by atoms with Crippen LogP contribution in [0.25, 0.3) is 0 Å². The van der Waals surface area contributed by atoms with Crippen molar-refractivity contribution in [1.82, 2.24) is 0 Å². The van der Waals surface area contributed by atoms with E-state index in [-0.39, 0.29) is 5.91 Å². The van der Waals surface area contributed by atoms with Gasteiger partial charge in [0.2, 0.25) is 5.91 Å². The van der Waals surface area contributed by atoms with Crippen LogP contribution in [0, 0.1) is 3.57 Å². The first kappa shape index (κ1) is 10.9. The van der Waals surface area contributed by atoms with Crippen molar-refractivity contribution in [1.29, 1.82) is 0 Å². The van der Waals surface area contributed by atoms with Crippen LogP contribution in [0.3, 0.4) is 0 Å². The third kappa shape index (κ3) is 2.15. The average Bonchev–Trinajstić information content (AvgIpc) is 2.18. The molecule has 1 aliphatic carbocycles. The van der Waals surface area contributed by atoms with E-state index in [0.717, 1.165) is 28.5 Å². The van der Waals surface area contributed by atoms with Gasteiger partial charge in [-0.3, -0.25) is 4.79 Å². The van der Waals surface area contributed by atoms with Gasteiger partial charge >= 0.3 is 0 Å². The smallest absolute Gasteiger partial charge is 0.244 e. The van der Waals surface area contributed by atoms with Crippen molar-refractivity contribution in [2.24, 2.45) is 5.73 Å². The number of hydrogen-bond donors (Lipinski definition) is 2. The van der Waals surface area contributed by atoms with Crippen LogP contribution in [0.4, 0.5) is 5.69 Å². The zero-order chi connectivity index (χ0) is 10.9. The molecule has 0 aromatic heterocycles. The highest BCUT2D eigenvalue weighted by atomic mass is 127. The third-order valence-corrected chi connectivity index (χ3v) is 3.76. The SMILES string of the molecule is NC1(C(=O)Nc2ccccc2I)CCC1. The molecule has 0 heterocycles. The highest BCUT2D eigenvalue weighted by Gasteiger charge is 2.40. The van der Waals surface area contributed by atoms with Gasteiger partial charge in [0.25, 0.3) is 0 Å². The number of nitrogens with two attached hydrogens (primary N) is 1. The summed E-state index contributed by atoms with van der Waals surface area (Å²) in [5, 5.41) is 2.88. The molecule has 0 atom stereocenters. The van der Waals surface area contributed by atoms with Crippen LogP contribution >= 0.6 is 22.6 Å². The zero-order valence-electron chi connectivity index (χ0n) is 8.29. The van der Waals surface area contributed by atoms with E-state index in [1.54, 1.807) is 0 Å². The quantitative estimate of drug-likeness (QED) is 0.821. The lowest BCUT2D eigenvalue weighted by Gasteiger charge is -2.36. The monoisotopic (exact) mass is 316 g/mol. The van der Waals surface area contributed by atoms with E-state index in [1.165, 1.54) is 0 Å². The fraction of sp³-hybridized carbons (Fsp3) is 0.364. The number of halogens is 1. The summed E-state index contributed by atoms with van der Waals surface area (Å²) in [5.41, 5.74) is 6.15. The Hall–Kier alpha value is -0.620. The number of rotatable bonds is 2. The van der Waals surface area contributed by atoms with Crippen LogP contribution in [0.1, 0.15) is 19.3 Å². The summed E-state index contributed by atoms with van der Waals surface area (Å²) in [5.74, 6) is -0.0575. The first-order valence-corrected chi connectivity index (χ1v) is 6.04. The van der Waals surface area contributed by atoms with Crippen LogP contribution in [-0.4, -0.2) is 11.4 Å². The normalized spacial score (nSPS) is 18.0. The van der Waals surface area contributed by atoms with Crippen LogP contribution < -0.4 is 11.1 Å². The van der Waals surface area contributed by atoms with Gasteiger partial charge in [-0.2, -0.15) is 0 Å². The largest absolute Gasteiger partial charge is 0.324 e. The molecule has 0 unspecified atom stereocenters. The van der Waals surface area contributed by atoms with Gasteiger partial charge in [0.1, 0.15) is 0 Å². The molecule has 0 bridgehead atoms. The fourth-order valence-electron chi connectivity index (χ4n) is 1.59. The Bertz CT molecular complexity index is 388. The second-order valence-corrected chi connectivity index (χ2v) is 5.11. The summed E-state index contributed by atoms with van der Waals surface area (Å²) >= 11 is 2.20. The highest BCUT2D eigenvalue weighted by Crippen LogP contribution is 2.30. The molecule has 0 spiro atoms. The van der Waals surface area contributed by atoms with E-state index >= 15 is 0 Å². The van der Waals surface area contributed by atoms with E-state index in [2.05, 4.69) is 27.9 Å². The molecule has 0 radical (unpaired) electrons. The predicted octanol–water partition coefficient (Wildman–Crippen LogP) is 2.11. The van der Waals surface area contributed by atoms with Gasteiger partial charge < -0.3 is 11.1 Å². The second-order valence-electron chi connectivity index (χ2n) is 3.94. The summed E-state index contributed by atoms with van der Waals surface area (Å²) in [6, 6.07) is 7.70. The maximum Gasteiger partial charge on any atom is 0.244 e. The molecule has 1 aliphatic rings. The van der Waals surface area contributed by atoms with Gasteiger partial charge in [0.05, 0.1) is 11.2 Å². The third-order valence-electron chi connectivity index (χ3n) is 2.82. The molecular weight excluding hydrogens is 303 g/mol. The van der Waals surface area contributed by atoms with Crippen LogP contribution in [0.2, 0.25) is 0 Å². The second kappa shape index (κ2) is 4.09. The molecule has 0 aliphatic heterocycles. The molecule has 3 N–H and O–H groups in total. The Balaban J connectivity index is 2.09. The fourth-order valence-corrected chi connectivity index (χ4v) is 2.12. The van der Waals surface area contributed by atoms with Crippen molar-refractivity contribution in [3.63, 3.8) is 0 Å². The molecule has 1 saturated carbocycles. The van der Waals surface area contributed by atoms with Crippen molar-refractivity contribution >= 4 is 34.2 Å². The Labute approximate surface area is 103 Å². The van der Waals surface area contributed by atoms with Crippen LogP contribution in [0.5, 0.6) is 0 Å². The van der Waals surface area contributed by atoms with Crippen LogP contribution in [-0.2, 0) is 4.79 Å². The van der Waals surface area contributed by atoms with Gasteiger partial charge in [0, 0.05) is 3.57 Å². The molecular formula is C11H13IN2O. The lowest BCUT2D eigenvalue weighted by atomic mass is 9.77. The number of carbonyl (C=O) groups is 1. The van der Waals surface area contributed by atoms with E-state index in [9.17, 15) is 4.79 Å². The molecule has 15 heavy (non-hydrogen) atoms. The number of benzene rings is 1. The highest BCUT2D eigenvalue weighted by molar-refractivity contribution is 14.1. The predicted molar refractivity (Wildman–Crippen MR) is 68.6 cm³/mol. The maximum absolute atomic E-state index is 11.8. The number of nitrogens with one attached hydrogen (secondary N) is 1. The topological polar surface area (TPSA) is 55.1 Å². The first-order chi connectivity index (χ1) is 7.12. The molecule has 3 nitrogen and oxygen atoms in total. The van der Waals surface area contributed by atoms with Gasteiger partial charge in [-0.15, -0.1) is 0 Å². The summed E-state index contributed by atoms with van der Waals surface area (Å²) < 4.78 is 1.03. The van der Waals surface area contributed by atoms with Crippen molar-refractivity contribution in [3.05, 3.63) is 27.8 Å². The minimum absolute atomic E-state index is 0.0575. The number of hydrogen-bond acceptors (Lipinski definition) is 2. The van der Waals surface area contributed by atoms with Gasteiger partial charge in [-0.25, -0.2) is 0 Å². The van der Waals surface area contributed by atoms with Crippen molar-refractivity contribution < 1.29 is 4.79 Å². The Morgan fingerprint density at radius 1 is 1.40 bits per heavy atom. The molecule has 1 amide bonds. The van der Waals surface area contributed by atoms with Crippen molar-refractivity contribution in [2.75, 3.05) is 5.32 Å².